The van der Waals surface area contributed by atoms with E-state index < -0.39 is 0 Å². The lowest BCUT2D eigenvalue weighted by atomic mass is 9.92. The van der Waals surface area contributed by atoms with Gasteiger partial charge in [0.1, 0.15) is 0 Å². The molecule has 2 unspecified atom stereocenters. The minimum Gasteiger partial charge on any atom is -0.325 e. The maximum absolute atomic E-state index is 12.4. The number of hydrogen-bond donors (Lipinski definition) is 2. The third-order valence-corrected chi connectivity index (χ3v) is 4.62. The molecule has 4 heteroatoms. The highest BCUT2D eigenvalue weighted by atomic mass is 79.9. The Hall–Kier alpha value is -1.39. The van der Waals surface area contributed by atoms with Crippen LogP contribution >= 0.6 is 15.9 Å². The van der Waals surface area contributed by atoms with Crippen molar-refractivity contribution in [1.29, 1.82) is 0 Å². The summed E-state index contributed by atoms with van der Waals surface area (Å²) in [7, 11) is 0. The van der Waals surface area contributed by atoms with Crippen molar-refractivity contribution in [2.75, 3.05) is 11.9 Å². The topological polar surface area (TPSA) is 41.1 Å². The second-order valence-electron chi connectivity index (χ2n) is 5.75. The first-order chi connectivity index (χ1) is 10.1. The number of carbonyl (C=O) groups excluding carboxylic acids is 1. The Morgan fingerprint density at radius 3 is 2.81 bits per heavy atom. The monoisotopic (exact) mass is 346 g/mol. The Morgan fingerprint density at radius 1 is 1.24 bits per heavy atom. The summed E-state index contributed by atoms with van der Waals surface area (Å²) in [5.41, 5.74) is 0.856. The van der Waals surface area contributed by atoms with E-state index in [9.17, 15) is 4.79 Å². The Bertz CT molecular complexity index is 671. The number of carbonyl (C=O) groups is 1. The standard InChI is InChI=1S/C17H19BrN2O/c1-11-3-2-8-19-16(11)17(21)20-15-7-5-12-9-14(18)6-4-13(12)10-15/h4-7,9-11,16,19H,2-3,8H2,1H3,(H,20,21). The molecule has 3 rings (SSSR count). The fourth-order valence-corrected chi connectivity index (χ4v) is 3.29. The summed E-state index contributed by atoms with van der Waals surface area (Å²) in [6.45, 7) is 3.06. The second kappa shape index (κ2) is 6.16. The van der Waals surface area contributed by atoms with Crippen LogP contribution in [0.5, 0.6) is 0 Å². The van der Waals surface area contributed by atoms with Crippen LogP contribution in [0.25, 0.3) is 10.8 Å². The molecule has 1 fully saturated rings. The van der Waals surface area contributed by atoms with Crippen LogP contribution in [0.4, 0.5) is 5.69 Å². The lowest BCUT2D eigenvalue weighted by Crippen LogP contribution is -2.48. The maximum atomic E-state index is 12.4. The molecule has 2 atom stereocenters. The first-order valence-corrected chi connectivity index (χ1v) is 8.16. The highest BCUT2D eigenvalue weighted by Gasteiger charge is 2.27. The number of nitrogens with one attached hydrogen (secondary N) is 2. The van der Waals surface area contributed by atoms with Gasteiger partial charge in [0.25, 0.3) is 0 Å². The molecule has 0 bridgehead atoms. The first-order valence-electron chi connectivity index (χ1n) is 7.37. The summed E-state index contributed by atoms with van der Waals surface area (Å²) < 4.78 is 1.06. The van der Waals surface area contributed by atoms with Gasteiger partial charge in [0, 0.05) is 10.2 Å². The zero-order valence-electron chi connectivity index (χ0n) is 12.0. The zero-order chi connectivity index (χ0) is 14.8. The molecule has 0 aliphatic carbocycles. The number of rotatable bonds is 2. The molecule has 2 N–H and O–H groups in total. The van der Waals surface area contributed by atoms with Crippen LogP contribution in [0, 0.1) is 5.92 Å². The Balaban J connectivity index is 1.78. The first kappa shape index (κ1) is 14.5. The van der Waals surface area contributed by atoms with E-state index >= 15 is 0 Å². The van der Waals surface area contributed by atoms with Crippen molar-refractivity contribution < 1.29 is 4.79 Å². The summed E-state index contributed by atoms with van der Waals surface area (Å²) in [6, 6.07) is 12.1. The lowest BCUT2D eigenvalue weighted by molar-refractivity contribution is -0.119. The van der Waals surface area contributed by atoms with Crippen molar-refractivity contribution in [3.8, 4) is 0 Å². The summed E-state index contributed by atoms with van der Waals surface area (Å²) >= 11 is 3.47. The van der Waals surface area contributed by atoms with E-state index in [1.54, 1.807) is 0 Å². The van der Waals surface area contributed by atoms with Crippen LogP contribution in [0.2, 0.25) is 0 Å². The quantitative estimate of drug-likeness (QED) is 0.864. The molecule has 21 heavy (non-hydrogen) atoms. The van der Waals surface area contributed by atoms with Gasteiger partial charge in [-0.05, 0) is 60.3 Å². The van der Waals surface area contributed by atoms with Gasteiger partial charge in [-0.1, -0.05) is 35.0 Å². The van der Waals surface area contributed by atoms with E-state index in [1.165, 1.54) is 0 Å². The maximum Gasteiger partial charge on any atom is 0.241 e. The zero-order valence-corrected chi connectivity index (χ0v) is 13.6. The number of piperidine rings is 1. The third-order valence-electron chi connectivity index (χ3n) is 4.12. The fourth-order valence-electron chi connectivity index (χ4n) is 2.91. The highest BCUT2D eigenvalue weighted by molar-refractivity contribution is 9.10. The number of hydrogen-bond acceptors (Lipinski definition) is 2. The summed E-state index contributed by atoms with van der Waals surface area (Å²) in [5, 5.41) is 8.64. The van der Waals surface area contributed by atoms with Crippen LogP contribution in [0.3, 0.4) is 0 Å². The molecule has 110 valence electrons. The molecule has 1 saturated heterocycles. The van der Waals surface area contributed by atoms with E-state index in [0.29, 0.717) is 5.92 Å². The van der Waals surface area contributed by atoms with Crippen LogP contribution in [-0.2, 0) is 4.79 Å². The minimum atomic E-state index is -0.0839. The Labute approximate surface area is 133 Å². The highest BCUT2D eigenvalue weighted by Crippen LogP contribution is 2.24. The molecule has 0 spiro atoms. The predicted octanol–water partition coefficient (Wildman–Crippen LogP) is 3.93. The van der Waals surface area contributed by atoms with Gasteiger partial charge in [-0.2, -0.15) is 0 Å². The van der Waals surface area contributed by atoms with Crippen molar-refractivity contribution in [3.05, 3.63) is 40.9 Å². The molecule has 1 amide bonds. The van der Waals surface area contributed by atoms with Crippen molar-refractivity contribution in [1.82, 2.24) is 5.32 Å². The molecule has 1 aliphatic heterocycles. The molecule has 1 aliphatic rings. The van der Waals surface area contributed by atoms with Crippen LogP contribution in [0.15, 0.2) is 40.9 Å². The number of amides is 1. The van der Waals surface area contributed by atoms with Gasteiger partial charge in [0.05, 0.1) is 6.04 Å². The average Bonchev–Trinajstić information content (AvgIpc) is 2.48. The van der Waals surface area contributed by atoms with Crippen LogP contribution < -0.4 is 10.6 Å². The summed E-state index contributed by atoms with van der Waals surface area (Å²) in [4.78, 5) is 12.4. The SMILES string of the molecule is CC1CCCNC1C(=O)Nc1ccc2cc(Br)ccc2c1. The summed E-state index contributed by atoms with van der Waals surface area (Å²) in [6.07, 6.45) is 2.26. The van der Waals surface area contributed by atoms with E-state index in [1.807, 2.05) is 24.3 Å². The largest absolute Gasteiger partial charge is 0.325 e. The third kappa shape index (κ3) is 3.27. The van der Waals surface area contributed by atoms with Crippen molar-refractivity contribution in [3.63, 3.8) is 0 Å². The van der Waals surface area contributed by atoms with Gasteiger partial charge in [-0.25, -0.2) is 0 Å². The van der Waals surface area contributed by atoms with E-state index in [-0.39, 0.29) is 11.9 Å². The average molecular weight is 347 g/mol. The second-order valence-corrected chi connectivity index (χ2v) is 6.66. The number of benzene rings is 2. The predicted molar refractivity (Wildman–Crippen MR) is 90.5 cm³/mol. The molecule has 3 nitrogen and oxygen atoms in total. The molecule has 2 aromatic rings. The van der Waals surface area contributed by atoms with E-state index in [0.717, 1.165) is 40.3 Å². The molecule has 2 aromatic carbocycles. The Kier molecular flexibility index (Phi) is 4.27. The lowest BCUT2D eigenvalue weighted by Gasteiger charge is -2.28. The van der Waals surface area contributed by atoms with Crippen LogP contribution in [0.1, 0.15) is 19.8 Å². The normalized spacial score (nSPS) is 22.2. The van der Waals surface area contributed by atoms with Gasteiger partial charge in [-0.3, -0.25) is 4.79 Å². The van der Waals surface area contributed by atoms with Gasteiger partial charge >= 0.3 is 0 Å². The minimum absolute atomic E-state index is 0.0682. The van der Waals surface area contributed by atoms with Gasteiger partial charge in [0.15, 0.2) is 0 Å². The molecule has 0 saturated carbocycles. The van der Waals surface area contributed by atoms with Crippen LogP contribution in [-0.4, -0.2) is 18.5 Å². The number of anilines is 1. The number of fused-ring (bicyclic) bond motifs is 1. The van der Waals surface area contributed by atoms with E-state index in [4.69, 9.17) is 0 Å². The molecule has 0 radical (unpaired) electrons. The van der Waals surface area contributed by atoms with Gasteiger partial charge in [0.2, 0.25) is 5.91 Å². The van der Waals surface area contributed by atoms with Crippen molar-refractivity contribution in [2.45, 2.75) is 25.8 Å². The Morgan fingerprint density at radius 2 is 2.00 bits per heavy atom. The molecular formula is C17H19BrN2O. The number of halogens is 1. The fraction of sp³-hybridized carbons (Fsp3) is 0.353. The van der Waals surface area contributed by atoms with Gasteiger partial charge < -0.3 is 10.6 Å². The van der Waals surface area contributed by atoms with Gasteiger partial charge in [-0.15, -0.1) is 0 Å². The van der Waals surface area contributed by atoms with E-state index in [2.05, 4.69) is 45.6 Å². The molecular weight excluding hydrogens is 328 g/mol. The smallest absolute Gasteiger partial charge is 0.241 e. The molecule has 1 heterocycles. The summed E-state index contributed by atoms with van der Waals surface area (Å²) in [5.74, 6) is 0.453. The molecule has 0 aromatic heterocycles. The van der Waals surface area contributed by atoms with Crippen molar-refractivity contribution >= 4 is 38.3 Å². The van der Waals surface area contributed by atoms with Crippen molar-refractivity contribution in [2.24, 2.45) is 5.92 Å².